The summed E-state index contributed by atoms with van der Waals surface area (Å²) in [4.78, 5) is 11.0. The zero-order chi connectivity index (χ0) is 31.3. The monoisotopic (exact) mass is 611 g/mol. The molecule has 4 nitrogen and oxygen atoms in total. The van der Waals surface area contributed by atoms with Gasteiger partial charge in [0.25, 0.3) is 0 Å². The predicted molar refractivity (Wildman–Crippen MR) is 198 cm³/mol. The average molecular weight is 612 g/mol. The Bertz CT molecular complexity index is 3050. The first-order valence-corrected chi connectivity index (χ1v) is 16.3. The molecule has 0 amide bonds. The van der Waals surface area contributed by atoms with Crippen LogP contribution in [0, 0.1) is 0 Å². The highest BCUT2D eigenvalue weighted by molar-refractivity contribution is 6.25. The van der Waals surface area contributed by atoms with Gasteiger partial charge < -0.3 is 4.42 Å². The zero-order valence-electron chi connectivity index (χ0n) is 25.7. The lowest BCUT2D eigenvalue weighted by Crippen LogP contribution is -1.94. The minimum Gasteiger partial charge on any atom is -0.456 e. The van der Waals surface area contributed by atoms with Gasteiger partial charge in [-0.15, -0.1) is 0 Å². The molecule has 0 saturated carbocycles. The van der Waals surface area contributed by atoms with Crippen LogP contribution in [-0.2, 0) is 0 Å². The largest absolute Gasteiger partial charge is 0.456 e. The van der Waals surface area contributed by atoms with Crippen LogP contribution in [0.3, 0.4) is 0 Å². The Labute approximate surface area is 274 Å². The zero-order valence-corrected chi connectivity index (χ0v) is 25.7. The second kappa shape index (κ2) is 9.50. The van der Waals surface area contributed by atoms with Gasteiger partial charge in [-0.1, -0.05) is 115 Å². The van der Waals surface area contributed by atoms with Gasteiger partial charge in [0, 0.05) is 32.5 Å². The molecule has 7 aromatic carbocycles. The number of aromatic nitrogens is 3. The molecule has 0 aliphatic rings. The molecule has 0 fully saturated rings. The number of nitrogens with zero attached hydrogens (tertiary/aromatic N) is 3. The van der Waals surface area contributed by atoms with Crippen LogP contribution >= 0.6 is 0 Å². The van der Waals surface area contributed by atoms with Crippen LogP contribution in [0.5, 0.6) is 0 Å². The maximum Gasteiger partial charge on any atom is 0.165 e. The molecule has 11 rings (SSSR count). The van der Waals surface area contributed by atoms with Gasteiger partial charge in [-0.3, -0.25) is 4.40 Å². The molecule has 4 aromatic heterocycles. The van der Waals surface area contributed by atoms with E-state index in [1.54, 1.807) is 0 Å². The summed E-state index contributed by atoms with van der Waals surface area (Å²) in [6.07, 6.45) is 0. The lowest BCUT2D eigenvalue weighted by atomic mass is 9.93. The maximum atomic E-state index is 6.29. The van der Waals surface area contributed by atoms with Gasteiger partial charge in [0.05, 0.1) is 22.1 Å². The Balaban J connectivity index is 1.29. The molecule has 4 heterocycles. The molecule has 0 radical (unpaired) electrons. The fraction of sp³-hybridized carbons (Fsp3) is 0. The summed E-state index contributed by atoms with van der Waals surface area (Å²) in [5.74, 6) is 0. The average Bonchev–Trinajstić information content (AvgIpc) is 3.80. The quantitative estimate of drug-likeness (QED) is 0.200. The molecule has 0 saturated heterocycles. The highest BCUT2D eigenvalue weighted by Crippen LogP contribution is 2.45. The predicted octanol–water partition coefficient (Wildman–Crippen LogP) is 11.7. The van der Waals surface area contributed by atoms with E-state index < -0.39 is 0 Å². The Morgan fingerprint density at radius 2 is 1.17 bits per heavy atom. The third-order valence-electron chi connectivity index (χ3n) is 9.91. The minimum absolute atomic E-state index is 0.871. The van der Waals surface area contributed by atoms with Crippen LogP contribution in [-0.4, -0.2) is 14.4 Å². The fourth-order valence-electron chi connectivity index (χ4n) is 7.87. The minimum atomic E-state index is 0.871. The SMILES string of the molecule is c1ccc(-c2ccc3nc4c5cc(-c6cccc7oc8ccccc8c67)cc6c7ccccc7n(c4nc3c2-c2ccccc2)c65)cc1. The van der Waals surface area contributed by atoms with Crippen molar-refractivity contribution in [1.29, 1.82) is 0 Å². The molecular weight excluding hydrogens is 587 g/mol. The smallest absolute Gasteiger partial charge is 0.165 e. The van der Waals surface area contributed by atoms with Crippen LogP contribution in [0.2, 0.25) is 0 Å². The number of hydrogen-bond acceptors (Lipinski definition) is 3. The van der Waals surface area contributed by atoms with Crippen LogP contribution in [0.1, 0.15) is 0 Å². The fourth-order valence-corrected chi connectivity index (χ4v) is 7.87. The molecular formula is C44H25N3O. The molecule has 0 N–H and O–H groups in total. The molecule has 11 aromatic rings. The summed E-state index contributed by atoms with van der Waals surface area (Å²) in [5, 5.41) is 5.75. The Morgan fingerprint density at radius 3 is 2.02 bits per heavy atom. The number of furan rings is 1. The summed E-state index contributed by atoms with van der Waals surface area (Å²) in [6.45, 7) is 0. The summed E-state index contributed by atoms with van der Waals surface area (Å²) >= 11 is 0. The van der Waals surface area contributed by atoms with Crippen molar-refractivity contribution in [3.05, 3.63) is 152 Å². The molecule has 48 heavy (non-hydrogen) atoms. The van der Waals surface area contributed by atoms with Crippen molar-refractivity contribution in [2.75, 3.05) is 0 Å². The lowest BCUT2D eigenvalue weighted by molar-refractivity contribution is 0.669. The topological polar surface area (TPSA) is 43.3 Å². The van der Waals surface area contributed by atoms with Gasteiger partial charge in [0.1, 0.15) is 16.7 Å². The summed E-state index contributed by atoms with van der Waals surface area (Å²) in [7, 11) is 0. The summed E-state index contributed by atoms with van der Waals surface area (Å²) < 4.78 is 8.61. The van der Waals surface area contributed by atoms with E-state index in [9.17, 15) is 0 Å². The van der Waals surface area contributed by atoms with E-state index in [0.717, 1.165) is 93.9 Å². The van der Waals surface area contributed by atoms with Crippen molar-refractivity contribution in [2.45, 2.75) is 0 Å². The van der Waals surface area contributed by atoms with E-state index in [1.807, 2.05) is 12.1 Å². The van der Waals surface area contributed by atoms with Crippen molar-refractivity contribution in [1.82, 2.24) is 14.4 Å². The number of para-hydroxylation sites is 2. The van der Waals surface area contributed by atoms with Crippen molar-refractivity contribution >= 4 is 71.3 Å². The van der Waals surface area contributed by atoms with Crippen molar-refractivity contribution < 1.29 is 4.42 Å². The molecule has 0 aliphatic carbocycles. The lowest BCUT2D eigenvalue weighted by Gasteiger charge is -2.13. The van der Waals surface area contributed by atoms with Gasteiger partial charge in [0.15, 0.2) is 5.65 Å². The van der Waals surface area contributed by atoms with Gasteiger partial charge in [0.2, 0.25) is 0 Å². The number of hydrogen-bond donors (Lipinski definition) is 0. The second-order valence-electron chi connectivity index (χ2n) is 12.5. The Kier molecular flexibility index (Phi) is 5.08. The van der Waals surface area contributed by atoms with E-state index in [1.165, 1.54) is 10.8 Å². The standard InChI is InChI=1S/C44H25N3O/c1-3-12-26(13-4-1)30-22-23-35-42(39(30)27-14-5-2-6-15-27)46-44-41(45-35)34-25-28(24-33-31-16-7-9-19-36(31)47(44)43(33)34)29-18-11-21-38-40(29)32-17-8-10-20-37(32)48-38/h1-25H. The van der Waals surface area contributed by atoms with Crippen LogP contribution < -0.4 is 0 Å². The van der Waals surface area contributed by atoms with Gasteiger partial charge in [-0.25, -0.2) is 9.97 Å². The normalized spacial score (nSPS) is 12.2. The van der Waals surface area contributed by atoms with E-state index >= 15 is 0 Å². The van der Waals surface area contributed by atoms with E-state index in [2.05, 4.69) is 144 Å². The third-order valence-corrected chi connectivity index (χ3v) is 9.91. The molecule has 4 heteroatoms. The van der Waals surface area contributed by atoms with Gasteiger partial charge >= 0.3 is 0 Å². The molecule has 0 bridgehead atoms. The first-order valence-electron chi connectivity index (χ1n) is 16.3. The van der Waals surface area contributed by atoms with Crippen LogP contribution in [0.4, 0.5) is 0 Å². The van der Waals surface area contributed by atoms with Gasteiger partial charge in [-0.2, -0.15) is 0 Å². The first-order chi connectivity index (χ1) is 23.8. The molecule has 0 spiro atoms. The van der Waals surface area contributed by atoms with Crippen molar-refractivity contribution in [3.8, 4) is 33.4 Å². The molecule has 0 unspecified atom stereocenters. The number of fused-ring (bicyclic) bond motifs is 10. The summed E-state index contributed by atoms with van der Waals surface area (Å²) in [5.41, 5.74) is 14.4. The highest BCUT2D eigenvalue weighted by Gasteiger charge is 2.24. The van der Waals surface area contributed by atoms with Crippen LogP contribution in [0.15, 0.2) is 156 Å². The molecule has 222 valence electrons. The summed E-state index contributed by atoms with van der Waals surface area (Å²) in [6, 6.07) is 53.4. The maximum absolute atomic E-state index is 6.29. The number of benzene rings is 7. The first kappa shape index (κ1) is 25.6. The van der Waals surface area contributed by atoms with E-state index in [0.29, 0.717) is 0 Å². The van der Waals surface area contributed by atoms with E-state index in [-0.39, 0.29) is 0 Å². The third kappa shape index (κ3) is 3.43. The Hall–Kier alpha value is -6.52. The van der Waals surface area contributed by atoms with Crippen molar-refractivity contribution in [3.63, 3.8) is 0 Å². The molecule has 0 atom stereocenters. The second-order valence-corrected chi connectivity index (χ2v) is 12.5. The van der Waals surface area contributed by atoms with Crippen molar-refractivity contribution in [2.24, 2.45) is 0 Å². The number of rotatable bonds is 3. The molecule has 0 aliphatic heterocycles. The Morgan fingerprint density at radius 1 is 0.458 bits per heavy atom. The van der Waals surface area contributed by atoms with Crippen LogP contribution in [0.25, 0.3) is 105 Å². The van der Waals surface area contributed by atoms with E-state index in [4.69, 9.17) is 14.4 Å². The van der Waals surface area contributed by atoms with Gasteiger partial charge in [-0.05, 0) is 64.2 Å². The highest BCUT2D eigenvalue weighted by atomic mass is 16.3.